The molecule has 1 nitrogen and oxygen atoms in total. The van der Waals surface area contributed by atoms with Gasteiger partial charge < -0.3 is 5.11 Å². The molecule has 0 radical (unpaired) electrons. The van der Waals surface area contributed by atoms with E-state index in [0.29, 0.717) is 5.06 Å². The molecular formula is C9H7ClOS. The molecule has 1 aromatic carbocycles. The normalized spacial score (nSPS) is 10.8. The predicted octanol–water partition coefficient (Wildman–Crippen LogP) is 3.57. The highest BCUT2D eigenvalue weighted by molar-refractivity contribution is 7.21. The van der Waals surface area contributed by atoms with Crippen LogP contribution in [0.3, 0.4) is 0 Å². The number of thiophene rings is 1. The molecule has 3 heteroatoms. The molecule has 12 heavy (non-hydrogen) atoms. The fourth-order valence-corrected chi connectivity index (χ4v) is 2.33. The lowest BCUT2D eigenvalue weighted by Crippen LogP contribution is -1.72. The van der Waals surface area contributed by atoms with Crippen LogP contribution in [0.1, 0.15) is 5.56 Å². The van der Waals surface area contributed by atoms with Gasteiger partial charge in [0, 0.05) is 0 Å². The molecule has 1 aromatic heterocycles. The Balaban J connectivity index is 2.89. The van der Waals surface area contributed by atoms with Crippen LogP contribution < -0.4 is 0 Å². The lowest BCUT2D eigenvalue weighted by Gasteiger charge is -1.96. The molecule has 0 aliphatic heterocycles. The summed E-state index contributed by atoms with van der Waals surface area (Å²) in [5.74, 6) is 0. The first-order valence-corrected chi connectivity index (χ1v) is 4.75. The number of benzene rings is 1. The summed E-state index contributed by atoms with van der Waals surface area (Å²) in [6.07, 6.45) is 0. The van der Waals surface area contributed by atoms with Crippen molar-refractivity contribution in [1.29, 1.82) is 0 Å². The zero-order chi connectivity index (χ0) is 8.72. The molecule has 1 heterocycles. The molecule has 62 valence electrons. The zero-order valence-electron chi connectivity index (χ0n) is 6.47. The smallest absolute Gasteiger partial charge is 0.172 e. The second-order valence-electron chi connectivity index (χ2n) is 2.70. The Morgan fingerprint density at radius 2 is 2.17 bits per heavy atom. The van der Waals surface area contributed by atoms with E-state index in [-0.39, 0.29) is 0 Å². The second kappa shape index (κ2) is 2.64. The molecule has 0 unspecified atom stereocenters. The number of halogens is 1. The summed E-state index contributed by atoms with van der Waals surface area (Å²) in [7, 11) is 0. The Hall–Kier alpha value is -0.730. The van der Waals surface area contributed by atoms with Crippen molar-refractivity contribution in [3.63, 3.8) is 0 Å². The van der Waals surface area contributed by atoms with Crippen LogP contribution >= 0.6 is 22.9 Å². The standard InChI is InChI=1S/C9H7ClOS/c1-5-2-3-6-4-7(11)12-9(6)8(5)10/h2-4,11H,1H3. The molecule has 0 saturated heterocycles. The Kier molecular flexibility index (Phi) is 1.74. The van der Waals surface area contributed by atoms with E-state index in [4.69, 9.17) is 11.6 Å². The van der Waals surface area contributed by atoms with Gasteiger partial charge in [0.25, 0.3) is 0 Å². The second-order valence-corrected chi connectivity index (χ2v) is 4.11. The molecule has 0 spiro atoms. The van der Waals surface area contributed by atoms with Crippen molar-refractivity contribution in [2.75, 3.05) is 0 Å². The molecule has 0 aliphatic rings. The van der Waals surface area contributed by atoms with Crippen LogP contribution in [0.15, 0.2) is 18.2 Å². The summed E-state index contributed by atoms with van der Waals surface area (Å²) in [6.45, 7) is 1.96. The highest BCUT2D eigenvalue weighted by Gasteiger charge is 2.05. The van der Waals surface area contributed by atoms with Crippen LogP contribution in [0.2, 0.25) is 5.02 Å². The van der Waals surface area contributed by atoms with Crippen LogP contribution in [-0.2, 0) is 0 Å². The molecule has 0 aliphatic carbocycles. The van der Waals surface area contributed by atoms with Gasteiger partial charge in [0.05, 0.1) is 9.72 Å². The number of aryl methyl sites for hydroxylation is 1. The van der Waals surface area contributed by atoms with Crippen LogP contribution in [0.25, 0.3) is 10.1 Å². The maximum absolute atomic E-state index is 9.23. The molecule has 0 fully saturated rings. The summed E-state index contributed by atoms with van der Waals surface area (Å²) in [5, 5.41) is 11.3. The highest BCUT2D eigenvalue weighted by atomic mass is 35.5. The van der Waals surface area contributed by atoms with E-state index < -0.39 is 0 Å². The molecule has 2 aromatic rings. The fraction of sp³-hybridized carbons (Fsp3) is 0.111. The molecule has 0 amide bonds. The number of aromatic hydroxyl groups is 1. The molecule has 1 N–H and O–H groups in total. The van der Waals surface area contributed by atoms with Crippen molar-refractivity contribution in [1.82, 2.24) is 0 Å². The SMILES string of the molecule is Cc1ccc2cc(O)sc2c1Cl. The first-order chi connectivity index (χ1) is 5.68. The van der Waals surface area contributed by atoms with Gasteiger partial charge in [-0.05, 0) is 23.9 Å². The summed E-state index contributed by atoms with van der Waals surface area (Å²) in [5.41, 5.74) is 1.05. The Morgan fingerprint density at radius 1 is 1.42 bits per heavy atom. The van der Waals surface area contributed by atoms with Crippen molar-refractivity contribution in [3.05, 3.63) is 28.8 Å². The molecule has 0 atom stereocenters. The zero-order valence-corrected chi connectivity index (χ0v) is 8.04. The van der Waals surface area contributed by atoms with Crippen molar-refractivity contribution in [2.45, 2.75) is 6.92 Å². The van der Waals surface area contributed by atoms with Gasteiger partial charge in [-0.15, -0.1) is 0 Å². The highest BCUT2D eigenvalue weighted by Crippen LogP contribution is 2.36. The minimum absolute atomic E-state index is 0.317. The third kappa shape index (κ3) is 1.08. The van der Waals surface area contributed by atoms with Gasteiger partial charge in [-0.3, -0.25) is 0 Å². The number of rotatable bonds is 0. The van der Waals surface area contributed by atoms with E-state index in [1.165, 1.54) is 11.3 Å². The third-order valence-electron chi connectivity index (χ3n) is 1.81. The predicted molar refractivity (Wildman–Crippen MR) is 53.2 cm³/mol. The maximum atomic E-state index is 9.23. The largest absolute Gasteiger partial charge is 0.499 e. The lowest BCUT2D eigenvalue weighted by molar-refractivity contribution is 0.491. The minimum atomic E-state index is 0.317. The van der Waals surface area contributed by atoms with Gasteiger partial charge in [-0.25, -0.2) is 0 Å². The summed E-state index contributed by atoms with van der Waals surface area (Å²) < 4.78 is 0.967. The Bertz CT molecular complexity index is 433. The molecule has 0 bridgehead atoms. The van der Waals surface area contributed by atoms with Crippen molar-refractivity contribution in [2.24, 2.45) is 0 Å². The average molecular weight is 199 g/mol. The van der Waals surface area contributed by atoms with Crippen molar-refractivity contribution >= 4 is 33.0 Å². The van der Waals surface area contributed by atoms with Crippen LogP contribution in [0.5, 0.6) is 5.06 Å². The van der Waals surface area contributed by atoms with Gasteiger partial charge in [-0.1, -0.05) is 35.1 Å². The summed E-state index contributed by atoms with van der Waals surface area (Å²) in [4.78, 5) is 0. The first-order valence-electron chi connectivity index (χ1n) is 3.56. The average Bonchev–Trinajstić information content (AvgIpc) is 2.39. The molecule has 0 saturated carbocycles. The monoisotopic (exact) mass is 198 g/mol. The number of hydrogen-bond donors (Lipinski definition) is 1. The van der Waals surface area contributed by atoms with E-state index in [1.807, 2.05) is 19.1 Å². The van der Waals surface area contributed by atoms with Gasteiger partial charge in [-0.2, -0.15) is 0 Å². The van der Waals surface area contributed by atoms with Gasteiger partial charge in [0.1, 0.15) is 0 Å². The van der Waals surface area contributed by atoms with Crippen LogP contribution in [0.4, 0.5) is 0 Å². The van der Waals surface area contributed by atoms with Gasteiger partial charge >= 0.3 is 0 Å². The van der Waals surface area contributed by atoms with E-state index in [9.17, 15) is 5.11 Å². The van der Waals surface area contributed by atoms with Crippen molar-refractivity contribution in [3.8, 4) is 5.06 Å². The van der Waals surface area contributed by atoms with Gasteiger partial charge in [0.2, 0.25) is 0 Å². The quantitative estimate of drug-likeness (QED) is 0.686. The van der Waals surface area contributed by atoms with Gasteiger partial charge in [0.15, 0.2) is 5.06 Å². The van der Waals surface area contributed by atoms with E-state index in [2.05, 4.69) is 0 Å². The number of hydrogen-bond acceptors (Lipinski definition) is 2. The summed E-state index contributed by atoms with van der Waals surface area (Å²) >= 11 is 7.36. The van der Waals surface area contributed by atoms with Crippen molar-refractivity contribution < 1.29 is 5.11 Å². The fourth-order valence-electron chi connectivity index (χ4n) is 1.15. The van der Waals surface area contributed by atoms with E-state index >= 15 is 0 Å². The maximum Gasteiger partial charge on any atom is 0.172 e. The topological polar surface area (TPSA) is 20.2 Å². The third-order valence-corrected chi connectivity index (χ3v) is 3.38. The Morgan fingerprint density at radius 3 is 2.92 bits per heavy atom. The summed E-state index contributed by atoms with van der Waals surface area (Å²) in [6, 6.07) is 5.65. The van der Waals surface area contributed by atoms with Crippen LogP contribution in [0, 0.1) is 6.92 Å². The van der Waals surface area contributed by atoms with E-state index in [1.54, 1.807) is 6.07 Å². The minimum Gasteiger partial charge on any atom is -0.499 e. The molecule has 2 rings (SSSR count). The first kappa shape index (κ1) is 7.90. The Labute approximate surface area is 79.2 Å². The molecular weight excluding hydrogens is 192 g/mol. The van der Waals surface area contributed by atoms with Crippen LogP contribution in [-0.4, -0.2) is 5.11 Å². The van der Waals surface area contributed by atoms with E-state index in [0.717, 1.165) is 20.7 Å². The number of fused-ring (bicyclic) bond motifs is 1. The lowest BCUT2D eigenvalue weighted by atomic mass is 10.2.